The van der Waals surface area contributed by atoms with Crippen molar-refractivity contribution in [2.24, 2.45) is 11.7 Å². The van der Waals surface area contributed by atoms with Gasteiger partial charge in [-0.25, -0.2) is 9.78 Å². The van der Waals surface area contributed by atoms with E-state index in [1.807, 2.05) is 0 Å². The first-order valence-corrected chi connectivity index (χ1v) is 13.0. The number of carbonyl (C=O) groups is 4. The van der Waals surface area contributed by atoms with E-state index < -0.39 is 35.0 Å². The maximum atomic E-state index is 12.5. The van der Waals surface area contributed by atoms with E-state index in [1.165, 1.54) is 34.9 Å². The lowest BCUT2D eigenvalue weighted by molar-refractivity contribution is -0.159. The average molecular weight is 569 g/mol. The van der Waals surface area contributed by atoms with Crippen LogP contribution in [0.15, 0.2) is 29.3 Å². The third-order valence-electron chi connectivity index (χ3n) is 5.49. The van der Waals surface area contributed by atoms with E-state index in [4.69, 9.17) is 39.4 Å². The number of aromatic nitrogens is 1. The van der Waals surface area contributed by atoms with Gasteiger partial charge in [-0.15, -0.1) is 23.1 Å². The van der Waals surface area contributed by atoms with Crippen LogP contribution in [0.2, 0.25) is 10.0 Å². The van der Waals surface area contributed by atoms with Crippen molar-refractivity contribution in [3.8, 4) is 0 Å². The Morgan fingerprint density at radius 2 is 2.06 bits per heavy atom. The lowest BCUT2D eigenvalue weighted by Gasteiger charge is -2.47. The highest BCUT2D eigenvalue weighted by Crippen LogP contribution is 2.41. The third kappa shape index (κ3) is 5.07. The SMILES string of the molecule is NC(=O)/C(=C\c1c(Cl)ccc(CC(=O)OCC2C(=O)N3C(C(=O)O)=CCS[C@@H]23)c1Cl)c1csc(N)n1. The van der Waals surface area contributed by atoms with Crippen molar-refractivity contribution in [3.63, 3.8) is 0 Å². The van der Waals surface area contributed by atoms with Crippen molar-refractivity contribution in [3.05, 3.63) is 56.2 Å². The van der Waals surface area contributed by atoms with Crippen LogP contribution < -0.4 is 11.5 Å². The molecule has 188 valence electrons. The normalized spacial score (nSPS) is 19.3. The molecule has 2 aliphatic heterocycles. The Bertz CT molecular complexity index is 1340. The number of nitrogens with two attached hydrogens (primary N) is 2. The standard InChI is InChI=1S/C22H18Cl2N4O6S2/c23-13-2-1-9(17(24)10(13)6-11(18(25)30)14-8-36-22(26)27-14)5-16(29)34-7-12-19(31)28-15(21(32)33)3-4-35-20(12)28/h1-3,6,8,12,20H,4-5,7H2,(H2,25,30)(H2,26,27)(H,32,33)/b11-6-/t12?,20-/m0/s1. The van der Waals surface area contributed by atoms with Gasteiger partial charge in [0.05, 0.1) is 28.1 Å². The Labute approximate surface area is 222 Å². The quantitative estimate of drug-likeness (QED) is 0.246. The number of hydrogen-bond acceptors (Lipinski definition) is 9. The summed E-state index contributed by atoms with van der Waals surface area (Å²) in [4.78, 5) is 53.6. The molecule has 1 aromatic carbocycles. The molecule has 0 spiro atoms. The van der Waals surface area contributed by atoms with Crippen LogP contribution in [0.3, 0.4) is 0 Å². The lowest BCUT2D eigenvalue weighted by Crippen LogP contribution is -2.62. The highest BCUT2D eigenvalue weighted by atomic mass is 35.5. The molecule has 1 fully saturated rings. The van der Waals surface area contributed by atoms with Crippen LogP contribution in [0.4, 0.5) is 5.13 Å². The van der Waals surface area contributed by atoms with Gasteiger partial charge in [0, 0.05) is 21.7 Å². The number of esters is 1. The van der Waals surface area contributed by atoms with Crippen molar-refractivity contribution in [1.29, 1.82) is 0 Å². The number of thioether (sulfide) groups is 1. The molecule has 36 heavy (non-hydrogen) atoms. The molecule has 1 unspecified atom stereocenters. The Balaban J connectivity index is 1.46. The zero-order valence-corrected chi connectivity index (χ0v) is 21.4. The van der Waals surface area contributed by atoms with Gasteiger partial charge in [0.1, 0.15) is 18.2 Å². The van der Waals surface area contributed by atoms with Crippen molar-refractivity contribution in [2.45, 2.75) is 11.8 Å². The second-order valence-corrected chi connectivity index (χ2v) is 10.5. The topological polar surface area (TPSA) is 166 Å². The minimum absolute atomic E-state index is 0.0410. The second kappa shape index (κ2) is 10.5. The summed E-state index contributed by atoms with van der Waals surface area (Å²) in [7, 11) is 0. The molecule has 0 saturated carbocycles. The molecule has 2 aromatic rings. The molecule has 14 heteroatoms. The molecular formula is C22H18Cl2N4O6S2. The third-order valence-corrected chi connectivity index (χ3v) is 8.18. The predicted molar refractivity (Wildman–Crippen MR) is 137 cm³/mol. The number of hydrogen-bond donors (Lipinski definition) is 3. The number of benzene rings is 1. The van der Waals surface area contributed by atoms with Crippen LogP contribution in [0.25, 0.3) is 11.6 Å². The van der Waals surface area contributed by atoms with E-state index in [2.05, 4.69) is 4.98 Å². The van der Waals surface area contributed by atoms with Crippen molar-refractivity contribution >= 4 is 86.8 Å². The first kappa shape index (κ1) is 26.0. The number of rotatable bonds is 8. The highest BCUT2D eigenvalue weighted by Gasteiger charge is 2.52. The molecule has 10 nitrogen and oxygen atoms in total. The highest BCUT2D eigenvalue weighted by molar-refractivity contribution is 8.00. The number of thiazole rings is 1. The summed E-state index contributed by atoms with van der Waals surface area (Å²) < 4.78 is 5.31. The Morgan fingerprint density at radius 1 is 1.31 bits per heavy atom. The number of β-lactam (4-membered cyclic amide) rings is 1. The molecular weight excluding hydrogens is 551 g/mol. The zero-order chi connectivity index (χ0) is 26.1. The first-order chi connectivity index (χ1) is 17.1. The number of aliphatic carboxylic acids is 1. The van der Waals surface area contributed by atoms with Gasteiger partial charge in [-0.05, 0) is 23.8 Å². The molecule has 2 aliphatic rings. The van der Waals surface area contributed by atoms with Gasteiger partial charge in [-0.3, -0.25) is 19.3 Å². The second-order valence-electron chi connectivity index (χ2n) is 7.72. The van der Waals surface area contributed by atoms with E-state index in [9.17, 15) is 24.3 Å². The first-order valence-electron chi connectivity index (χ1n) is 10.3. The van der Waals surface area contributed by atoms with E-state index >= 15 is 0 Å². The van der Waals surface area contributed by atoms with E-state index in [1.54, 1.807) is 11.4 Å². The number of halogens is 2. The fraction of sp³-hybridized carbons (Fsp3) is 0.227. The number of carbonyl (C=O) groups excluding carboxylic acids is 3. The maximum Gasteiger partial charge on any atom is 0.352 e. The number of primary amides is 1. The molecule has 0 radical (unpaired) electrons. The number of carboxylic acid groups (broad SMARTS) is 1. The molecule has 1 saturated heterocycles. The molecule has 5 N–H and O–H groups in total. The van der Waals surface area contributed by atoms with Gasteiger partial charge in [0.25, 0.3) is 5.91 Å². The molecule has 4 rings (SSSR count). The van der Waals surface area contributed by atoms with Crippen molar-refractivity contribution in [1.82, 2.24) is 9.88 Å². The van der Waals surface area contributed by atoms with E-state index in [0.29, 0.717) is 11.3 Å². The summed E-state index contributed by atoms with van der Waals surface area (Å²) in [5.74, 6) is -3.19. The summed E-state index contributed by atoms with van der Waals surface area (Å²) in [5, 5.41) is 11.0. The number of nitrogens with zero attached hydrogens (tertiary/aromatic N) is 2. The summed E-state index contributed by atoms with van der Waals surface area (Å²) in [6.07, 6.45) is 2.63. The summed E-state index contributed by atoms with van der Waals surface area (Å²) in [6.45, 7) is -0.187. The number of amides is 2. The molecule has 0 aliphatic carbocycles. The number of carboxylic acids is 1. The van der Waals surface area contributed by atoms with Gasteiger partial charge >= 0.3 is 11.9 Å². The van der Waals surface area contributed by atoms with Gasteiger partial charge < -0.3 is 21.3 Å². The lowest BCUT2D eigenvalue weighted by atomic mass is 9.97. The molecule has 1 aromatic heterocycles. The Kier molecular flexibility index (Phi) is 7.59. The van der Waals surface area contributed by atoms with Crippen LogP contribution in [0, 0.1) is 5.92 Å². The number of fused-ring (bicyclic) bond motifs is 1. The fourth-order valence-electron chi connectivity index (χ4n) is 3.74. The van der Waals surface area contributed by atoms with Crippen LogP contribution >= 0.6 is 46.3 Å². The van der Waals surface area contributed by atoms with Crippen LogP contribution in [-0.4, -0.2) is 56.5 Å². The molecule has 2 atom stereocenters. The minimum atomic E-state index is -1.18. The maximum absolute atomic E-state index is 12.5. The predicted octanol–water partition coefficient (Wildman–Crippen LogP) is 2.64. The van der Waals surface area contributed by atoms with E-state index in [-0.39, 0.29) is 50.7 Å². The molecule has 3 heterocycles. The van der Waals surface area contributed by atoms with Crippen molar-refractivity contribution in [2.75, 3.05) is 18.1 Å². The fourth-order valence-corrected chi connectivity index (χ4v) is 6.09. The average Bonchev–Trinajstić information content (AvgIpc) is 3.25. The summed E-state index contributed by atoms with van der Waals surface area (Å²) in [6, 6.07) is 3.06. The van der Waals surface area contributed by atoms with Gasteiger partial charge in [0.15, 0.2) is 5.13 Å². The molecule has 0 bridgehead atoms. The van der Waals surface area contributed by atoms with Gasteiger partial charge in [0.2, 0.25) is 5.91 Å². The van der Waals surface area contributed by atoms with Gasteiger partial charge in [-0.1, -0.05) is 29.3 Å². The summed E-state index contributed by atoms with van der Waals surface area (Å²) >= 11 is 15.3. The minimum Gasteiger partial charge on any atom is -0.477 e. The Morgan fingerprint density at radius 3 is 2.69 bits per heavy atom. The number of ether oxygens (including phenoxy) is 1. The summed E-state index contributed by atoms with van der Waals surface area (Å²) in [5.41, 5.74) is 12.0. The smallest absolute Gasteiger partial charge is 0.352 e. The van der Waals surface area contributed by atoms with E-state index in [0.717, 1.165) is 11.3 Å². The zero-order valence-electron chi connectivity index (χ0n) is 18.3. The number of anilines is 1. The molecule has 2 amide bonds. The largest absolute Gasteiger partial charge is 0.477 e. The van der Waals surface area contributed by atoms with Crippen LogP contribution in [0.1, 0.15) is 16.8 Å². The van der Waals surface area contributed by atoms with Gasteiger partial charge in [-0.2, -0.15) is 0 Å². The van der Waals surface area contributed by atoms with Crippen molar-refractivity contribution < 1.29 is 29.0 Å². The Hall–Kier alpha value is -3.06. The monoisotopic (exact) mass is 568 g/mol. The van der Waals surface area contributed by atoms with Crippen LogP contribution in [0.5, 0.6) is 0 Å². The number of nitrogen functional groups attached to an aromatic ring is 1. The van der Waals surface area contributed by atoms with Crippen LogP contribution in [-0.2, 0) is 30.3 Å².